The van der Waals surface area contributed by atoms with Crippen LogP contribution < -0.4 is 4.90 Å². The number of aromatic nitrogens is 1. The predicted octanol–water partition coefficient (Wildman–Crippen LogP) is 2.67. The number of nitrogens with zero attached hydrogens (tertiary/aromatic N) is 1. The fourth-order valence-electron chi connectivity index (χ4n) is 2.22. The van der Waals surface area contributed by atoms with Crippen LogP contribution in [0.1, 0.15) is 5.56 Å². The summed E-state index contributed by atoms with van der Waals surface area (Å²) in [5.74, 6) is 0. The van der Waals surface area contributed by atoms with Gasteiger partial charge in [-0.3, -0.25) is 0 Å². The summed E-state index contributed by atoms with van der Waals surface area (Å²) in [5, 5.41) is 0. The summed E-state index contributed by atoms with van der Waals surface area (Å²) in [7, 11) is 2.16. The molecule has 15 heavy (non-hydrogen) atoms. The lowest BCUT2D eigenvalue weighted by atomic mass is 10.1. The molecule has 3 rings (SSSR count). The van der Waals surface area contributed by atoms with Crippen molar-refractivity contribution in [1.29, 1.82) is 0 Å². The van der Waals surface area contributed by atoms with Crippen LogP contribution in [0, 0.1) is 0 Å². The molecule has 0 unspecified atom stereocenters. The van der Waals surface area contributed by atoms with E-state index in [1.807, 2.05) is 12.3 Å². The normalized spacial score (nSPS) is 14.3. The molecule has 0 saturated carbocycles. The lowest BCUT2D eigenvalue weighted by molar-refractivity contribution is 0.956. The minimum Gasteiger partial charge on any atom is -0.374 e. The SMILES string of the molecule is CN1CCc2ccc(-c3ccc[nH]3)cc21. The van der Waals surface area contributed by atoms with Gasteiger partial charge in [0, 0.05) is 31.2 Å². The monoisotopic (exact) mass is 198 g/mol. The Kier molecular flexibility index (Phi) is 1.81. The summed E-state index contributed by atoms with van der Waals surface area (Å²) in [5.41, 5.74) is 5.31. The average molecular weight is 198 g/mol. The number of nitrogens with one attached hydrogen (secondary N) is 1. The first-order valence-electron chi connectivity index (χ1n) is 5.32. The standard InChI is InChI=1S/C13H14N2/c1-15-8-6-10-4-5-11(9-13(10)15)12-3-2-7-14-12/h2-5,7,9,14H,6,8H2,1H3. The Morgan fingerprint density at radius 3 is 3.00 bits per heavy atom. The molecule has 0 spiro atoms. The van der Waals surface area contributed by atoms with E-state index in [2.05, 4.69) is 41.2 Å². The Morgan fingerprint density at radius 1 is 1.27 bits per heavy atom. The van der Waals surface area contributed by atoms with E-state index in [1.165, 1.54) is 28.9 Å². The average Bonchev–Trinajstić information content (AvgIpc) is 2.88. The highest BCUT2D eigenvalue weighted by Gasteiger charge is 2.15. The maximum atomic E-state index is 3.24. The van der Waals surface area contributed by atoms with Gasteiger partial charge in [0.2, 0.25) is 0 Å². The number of rotatable bonds is 1. The van der Waals surface area contributed by atoms with Crippen LogP contribution in [0.25, 0.3) is 11.3 Å². The lowest BCUT2D eigenvalue weighted by Crippen LogP contribution is -2.12. The molecule has 76 valence electrons. The van der Waals surface area contributed by atoms with Gasteiger partial charge in [-0.25, -0.2) is 0 Å². The molecule has 1 aromatic heterocycles. The summed E-state index contributed by atoms with van der Waals surface area (Å²) >= 11 is 0. The molecule has 0 fully saturated rings. The molecule has 0 amide bonds. The van der Waals surface area contributed by atoms with Crippen LogP contribution in [0.2, 0.25) is 0 Å². The molecule has 2 nitrogen and oxygen atoms in total. The van der Waals surface area contributed by atoms with E-state index in [9.17, 15) is 0 Å². The fraction of sp³-hybridized carbons (Fsp3) is 0.231. The van der Waals surface area contributed by atoms with Crippen LogP contribution in [-0.4, -0.2) is 18.6 Å². The number of hydrogen-bond donors (Lipinski definition) is 1. The largest absolute Gasteiger partial charge is 0.374 e. The van der Waals surface area contributed by atoms with Gasteiger partial charge in [-0.15, -0.1) is 0 Å². The van der Waals surface area contributed by atoms with Crippen molar-refractivity contribution < 1.29 is 0 Å². The molecule has 0 aliphatic carbocycles. The first-order chi connectivity index (χ1) is 7.34. The summed E-state index contributed by atoms with van der Waals surface area (Å²) in [6.45, 7) is 1.14. The van der Waals surface area contributed by atoms with Crippen molar-refractivity contribution in [2.75, 3.05) is 18.5 Å². The van der Waals surface area contributed by atoms with E-state index in [0.29, 0.717) is 0 Å². The Bertz CT molecular complexity index is 471. The molecule has 1 aliphatic heterocycles. The Balaban J connectivity index is 2.09. The van der Waals surface area contributed by atoms with Gasteiger partial charge < -0.3 is 9.88 Å². The fourth-order valence-corrected chi connectivity index (χ4v) is 2.22. The molecular formula is C13H14N2. The predicted molar refractivity (Wildman–Crippen MR) is 63.2 cm³/mol. The molecule has 2 heterocycles. The van der Waals surface area contributed by atoms with E-state index in [0.717, 1.165) is 6.54 Å². The summed E-state index contributed by atoms with van der Waals surface area (Å²) in [6.07, 6.45) is 3.14. The van der Waals surface area contributed by atoms with E-state index < -0.39 is 0 Å². The van der Waals surface area contributed by atoms with Crippen molar-refractivity contribution in [3.05, 3.63) is 42.1 Å². The number of hydrogen-bond acceptors (Lipinski definition) is 1. The topological polar surface area (TPSA) is 19.0 Å². The highest BCUT2D eigenvalue weighted by molar-refractivity contribution is 5.69. The molecule has 0 radical (unpaired) electrons. The van der Waals surface area contributed by atoms with Crippen molar-refractivity contribution in [3.8, 4) is 11.3 Å². The van der Waals surface area contributed by atoms with E-state index in [4.69, 9.17) is 0 Å². The number of benzene rings is 1. The summed E-state index contributed by atoms with van der Waals surface area (Å²) in [6, 6.07) is 10.9. The van der Waals surface area contributed by atoms with Gasteiger partial charge in [-0.2, -0.15) is 0 Å². The second kappa shape index (κ2) is 3.16. The Labute approximate surface area is 89.5 Å². The van der Waals surface area contributed by atoms with E-state index in [1.54, 1.807) is 0 Å². The van der Waals surface area contributed by atoms with Crippen molar-refractivity contribution in [3.63, 3.8) is 0 Å². The molecular weight excluding hydrogens is 184 g/mol. The number of H-pyrrole nitrogens is 1. The molecule has 0 atom stereocenters. The van der Waals surface area contributed by atoms with Gasteiger partial charge in [-0.05, 0) is 35.7 Å². The number of anilines is 1. The van der Waals surface area contributed by atoms with Gasteiger partial charge in [0.15, 0.2) is 0 Å². The molecule has 0 saturated heterocycles. The molecule has 0 bridgehead atoms. The van der Waals surface area contributed by atoms with Crippen LogP contribution in [-0.2, 0) is 6.42 Å². The third-order valence-corrected chi connectivity index (χ3v) is 3.12. The van der Waals surface area contributed by atoms with Gasteiger partial charge in [0.1, 0.15) is 0 Å². The number of fused-ring (bicyclic) bond motifs is 1. The van der Waals surface area contributed by atoms with Crippen molar-refractivity contribution in [2.45, 2.75) is 6.42 Å². The van der Waals surface area contributed by atoms with Crippen molar-refractivity contribution in [1.82, 2.24) is 4.98 Å². The summed E-state index contributed by atoms with van der Waals surface area (Å²) in [4.78, 5) is 5.56. The zero-order valence-corrected chi connectivity index (χ0v) is 8.83. The van der Waals surface area contributed by atoms with Gasteiger partial charge in [-0.1, -0.05) is 12.1 Å². The van der Waals surface area contributed by atoms with Crippen molar-refractivity contribution in [2.24, 2.45) is 0 Å². The molecule has 2 heteroatoms. The zero-order valence-electron chi connectivity index (χ0n) is 8.83. The van der Waals surface area contributed by atoms with Gasteiger partial charge in [0.25, 0.3) is 0 Å². The lowest BCUT2D eigenvalue weighted by Gasteiger charge is -2.12. The molecule has 1 aromatic carbocycles. The first kappa shape index (κ1) is 8.60. The maximum absolute atomic E-state index is 3.24. The second-order valence-corrected chi connectivity index (χ2v) is 4.10. The Morgan fingerprint density at radius 2 is 2.20 bits per heavy atom. The Hall–Kier alpha value is -1.70. The highest BCUT2D eigenvalue weighted by atomic mass is 15.1. The number of aromatic amines is 1. The first-order valence-corrected chi connectivity index (χ1v) is 5.32. The van der Waals surface area contributed by atoms with Crippen molar-refractivity contribution >= 4 is 5.69 Å². The van der Waals surface area contributed by atoms with Crippen LogP contribution in [0.4, 0.5) is 5.69 Å². The van der Waals surface area contributed by atoms with Gasteiger partial charge >= 0.3 is 0 Å². The minimum atomic E-state index is 1.14. The zero-order chi connectivity index (χ0) is 10.3. The quantitative estimate of drug-likeness (QED) is 0.746. The maximum Gasteiger partial charge on any atom is 0.0454 e. The third-order valence-electron chi connectivity index (χ3n) is 3.12. The summed E-state index contributed by atoms with van der Waals surface area (Å²) < 4.78 is 0. The molecule has 1 aliphatic rings. The minimum absolute atomic E-state index is 1.14. The molecule has 1 N–H and O–H groups in total. The van der Waals surface area contributed by atoms with E-state index in [-0.39, 0.29) is 0 Å². The highest BCUT2D eigenvalue weighted by Crippen LogP contribution is 2.31. The third kappa shape index (κ3) is 1.33. The van der Waals surface area contributed by atoms with E-state index >= 15 is 0 Å². The smallest absolute Gasteiger partial charge is 0.0454 e. The molecule has 2 aromatic rings. The van der Waals surface area contributed by atoms with Crippen LogP contribution in [0.3, 0.4) is 0 Å². The second-order valence-electron chi connectivity index (χ2n) is 4.10. The van der Waals surface area contributed by atoms with Crippen LogP contribution >= 0.6 is 0 Å². The van der Waals surface area contributed by atoms with Crippen LogP contribution in [0.5, 0.6) is 0 Å². The van der Waals surface area contributed by atoms with Gasteiger partial charge in [0.05, 0.1) is 0 Å². The number of likely N-dealkylation sites (N-methyl/N-ethyl adjacent to an activating group) is 1. The van der Waals surface area contributed by atoms with Crippen LogP contribution in [0.15, 0.2) is 36.5 Å².